The third kappa shape index (κ3) is 41.4. The lowest BCUT2D eigenvalue weighted by atomic mass is 10.0. The molecule has 0 saturated heterocycles. The molecule has 0 N–H and O–H groups in total. The maximum atomic E-state index is 12.7. The molecule has 0 aromatic carbocycles. The minimum Gasteiger partial charge on any atom is -0.462 e. The summed E-state index contributed by atoms with van der Waals surface area (Å²) in [7, 11) is 0. The van der Waals surface area contributed by atoms with Crippen LogP contribution in [0.15, 0.2) is 0 Å². The Morgan fingerprint density at radius 2 is 0.509 bits per heavy atom. The van der Waals surface area contributed by atoms with Crippen LogP contribution in [0, 0.1) is 0 Å². The minimum absolute atomic E-state index is 0.0638. The van der Waals surface area contributed by atoms with Crippen molar-refractivity contribution < 1.29 is 28.6 Å². The van der Waals surface area contributed by atoms with E-state index < -0.39 is 6.10 Å². The van der Waals surface area contributed by atoms with Gasteiger partial charge in [0.05, 0.1) is 0 Å². The van der Waals surface area contributed by atoms with E-state index in [9.17, 15) is 14.4 Å². The summed E-state index contributed by atoms with van der Waals surface area (Å²) in [5, 5.41) is 0. The van der Waals surface area contributed by atoms with Gasteiger partial charge in [0.1, 0.15) is 13.2 Å². The zero-order valence-corrected chi connectivity index (χ0v) is 35.8. The van der Waals surface area contributed by atoms with Crippen LogP contribution in [0.1, 0.15) is 265 Å². The third-order valence-electron chi connectivity index (χ3n) is 10.6. The summed E-state index contributed by atoms with van der Waals surface area (Å²) in [6.07, 6.45) is 44.0. The molecule has 0 spiro atoms. The Labute approximate surface area is 329 Å². The number of esters is 3. The molecule has 53 heavy (non-hydrogen) atoms. The maximum Gasteiger partial charge on any atom is 0.306 e. The van der Waals surface area contributed by atoms with E-state index >= 15 is 0 Å². The number of carbonyl (C=O) groups is 3. The van der Waals surface area contributed by atoms with Gasteiger partial charge < -0.3 is 14.2 Å². The number of unbranched alkanes of at least 4 members (excludes halogenated alkanes) is 32. The minimum atomic E-state index is -0.756. The van der Waals surface area contributed by atoms with Gasteiger partial charge in [0.25, 0.3) is 0 Å². The van der Waals surface area contributed by atoms with Crippen LogP contribution in [0.3, 0.4) is 0 Å². The fourth-order valence-electron chi connectivity index (χ4n) is 7.03. The van der Waals surface area contributed by atoms with Gasteiger partial charge in [0.2, 0.25) is 0 Å². The van der Waals surface area contributed by atoms with E-state index in [0.29, 0.717) is 19.3 Å². The molecule has 0 aromatic rings. The molecule has 0 saturated carbocycles. The second-order valence-corrected chi connectivity index (χ2v) is 16.0. The Balaban J connectivity index is 4.13. The zero-order chi connectivity index (χ0) is 38.7. The molecule has 0 radical (unpaired) electrons. The van der Waals surface area contributed by atoms with Gasteiger partial charge in [-0.3, -0.25) is 14.4 Å². The molecule has 0 aliphatic carbocycles. The van der Waals surface area contributed by atoms with Crippen molar-refractivity contribution >= 4 is 17.9 Å². The van der Waals surface area contributed by atoms with Crippen molar-refractivity contribution in [2.75, 3.05) is 13.2 Å². The third-order valence-corrected chi connectivity index (χ3v) is 10.6. The van der Waals surface area contributed by atoms with Gasteiger partial charge >= 0.3 is 17.9 Å². The van der Waals surface area contributed by atoms with Gasteiger partial charge in [-0.15, -0.1) is 0 Å². The van der Waals surface area contributed by atoms with Crippen molar-refractivity contribution in [1.29, 1.82) is 0 Å². The van der Waals surface area contributed by atoms with Crippen LogP contribution in [0.25, 0.3) is 0 Å². The largest absolute Gasteiger partial charge is 0.462 e. The standard InChI is InChI=1S/C47H90O6/c1-4-7-10-13-15-17-19-21-22-23-24-25-26-28-30-32-35-38-41-47(50)53-44(42-51-45(48)39-36-33-12-9-6-3)43-52-46(49)40-37-34-31-29-27-20-18-16-14-11-8-5-2/h44H,4-43H2,1-3H3/t44-/m0/s1. The quantitative estimate of drug-likeness (QED) is 0.0351. The SMILES string of the molecule is CCCCCCCCCCCCCCCCCCCCC(=O)O[C@@H](COC(=O)CCCCCCC)COC(=O)CCCCCCCCCCCCCC. The van der Waals surface area contributed by atoms with E-state index in [1.165, 1.54) is 161 Å². The first-order valence-corrected chi connectivity index (χ1v) is 23.5. The first-order chi connectivity index (χ1) is 26.0. The average Bonchev–Trinajstić information content (AvgIpc) is 3.15. The predicted octanol–water partition coefficient (Wildman–Crippen LogP) is 14.9. The fraction of sp³-hybridized carbons (Fsp3) is 0.936. The highest BCUT2D eigenvalue weighted by Crippen LogP contribution is 2.16. The predicted molar refractivity (Wildman–Crippen MR) is 224 cm³/mol. The van der Waals surface area contributed by atoms with Gasteiger partial charge in [-0.05, 0) is 19.3 Å². The first kappa shape index (κ1) is 51.4. The Bertz CT molecular complexity index is 783. The Morgan fingerprint density at radius 1 is 0.302 bits per heavy atom. The van der Waals surface area contributed by atoms with Gasteiger partial charge in [-0.2, -0.15) is 0 Å². The summed E-state index contributed by atoms with van der Waals surface area (Å²) in [5.74, 6) is -0.864. The monoisotopic (exact) mass is 751 g/mol. The molecular weight excluding hydrogens is 661 g/mol. The van der Waals surface area contributed by atoms with Gasteiger partial charge in [-0.1, -0.05) is 226 Å². The second kappa shape index (κ2) is 43.1. The van der Waals surface area contributed by atoms with Crippen LogP contribution in [0.2, 0.25) is 0 Å². The molecule has 0 rings (SSSR count). The van der Waals surface area contributed by atoms with Crippen LogP contribution in [-0.2, 0) is 28.6 Å². The molecule has 0 aromatic heterocycles. The van der Waals surface area contributed by atoms with Crippen molar-refractivity contribution in [3.8, 4) is 0 Å². The summed E-state index contributed by atoms with van der Waals surface area (Å²) < 4.78 is 16.6. The highest BCUT2D eigenvalue weighted by molar-refractivity contribution is 5.71. The highest BCUT2D eigenvalue weighted by Gasteiger charge is 2.19. The Kier molecular flexibility index (Phi) is 41.8. The Hall–Kier alpha value is -1.59. The lowest BCUT2D eigenvalue weighted by Gasteiger charge is -2.18. The second-order valence-electron chi connectivity index (χ2n) is 16.0. The van der Waals surface area contributed by atoms with Crippen LogP contribution in [-0.4, -0.2) is 37.2 Å². The number of rotatable bonds is 43. The molecule has 0 amide bonds. The molecular formula is C47H90O6. The maximum absolute atomic E-state index is 12.7. The molecule has 0 unspecified atom stereocenters. The zero-order valence-electron chi connectivity index (χ0n) is 35.8. The number of hydrogen-bond acceptors (Lipinski definition) is 6. The van der Waals surface area contributed by atoms with E-state index in [2.05, 4.69) is 20.8 Å². The molecule has 6 nitrogen and oxygen atoms in total. The van der Waals surface area contributed by atoms with Gasteiger partial charge in [-0.25, -0.2) is 0 Å². The molecule has 0 aliphatic rings. The molecule has 0 fully saturated rings. The number of ether oxygens (including phenoxy) is 3. The van der Waals surface area contributed by atoms with E-state index in [1.807, 2.05) is 0 Å². The van der Waals surface area contributed by atoms with Crippen LogP contribution in [0.5, 0.6) is 0 Å². The van der Waals surface area contributed by atoms with Crippen molar-refractivity contribution in [1.82, 2.24) is 0 Å². The van der Waals surface area contributed by atoms with Crippen molar-refractivity contribution in [2.45, 2.75) is 271 Å². The number of carbonyl (C=O) groups excluding carboxylic acids is 3. The normalized spacial score (nSPS) is 11.8. The average molecular weight is 751 g/mol. The Morgan fingerprint density at radius 3 is 0.755 bits per heavy atom. The van der Waals surface area contributed by atoms with E-state index in [-0.39, 0.29) is 31.1 Å². The smallest absolute Gasteiger partial charge is 0.306 e. The summed E-state index contributed by atoms with van der Waals surface area (Å²) in [6.45, 7) is 6.58. The van der Waals surface area contributed by atoms with E-state index in [4.69, 9.17) is 14.2 Å². The molecule has 0 bridgehead atoms. The summed E-state index contributed by atoms with van der Waals surface area (Å²) >= 11 is 0. The van der Waals surface area contributed by atoms with Gasteiger partial charge in [0.15, 0.2) is 6.10 Å². The molecule has 1 atom stereocenters. The summed E-state index contributed by atoms with van der Waals surface area (Å²) in [4.78, 5) is 37.5. The van der Waals surface area contributed by atoms with E-state index in [1.54, 1.807) is 0 Å². The lowest BCUT2D eigenvalue weighted by Crippen LogP contribution is -2.30. The first-order valence-electron chi connectivity index (χ1n) is 23.5. The van der Waals surface area contributed by atoms with E-state index in [0.717, 1.165) is 64.2 Å². The topological polar surface area (TPSA) is 78.9 Å². The van der Waals surface area contributed by atoms with Crippen LogP contribution in [0.4, 0.5) is 0 Å². The summed E-state index contributed by atoms with van der Waals surface area (Å²) in [5.41, 5.74) is 0. The molecule has 314 valence electrons. The number of hydrogen-bond donors (Lipinski definition) is 0. The molecule has 0 heterocycles. The lowest BCUT2D eigenvalue weighted by molar-refractivity contribution is -0.167. The van der Waals surface area contributed by atoms with Crippen LogP contribution < -0.4 is 0 Å². The van der Waals surface area contributed by atoms with Crippen molar-refractivity contribution in [3.63, 3.8) is 0 Å². The molecule has 6 heteroatoms. The highest BCUT2D eigenvalue weighted by atomic mass is 16.6. The fourth-order valence-corrected chi connectivity index (χ4v) is 7.03. The van der Waals surface area contributed by atoms with Gasteiger partial charge in [0, 0.05) is 19.3 Å². The van der Waals surface area contributed by atoms with Crippen molar-refractivity contribution in [3.05, 3.63) is 0 Å². The summed E-state index contributed by atoms with van der Waals surface area (Å²) in [6, 6.07) is 0. The van der Waals surface area contributed by atoms with Crippen LogP contribution >= 0.6 is 0 Å². The van der Waals surface area contributed by atoms with Crippen molar-refractivity contribution in [2.24, 2.45) is 0 Å². The molecule has 0 aliphatic heterocycles.